The van der Waals surface area contributed by atoms with E-state index < -0.39 is 69.5 Å². The van der Waals surface area contributed by atoms with E-state index in [2.05, 4.69) is 50.1 Å². The third kappa shape index (κ3) is 26.6. The van der Waals surface area contributed by atoms with Crippen LogP contribution in [0, 0.1) is 0 Å². The summed E-state index contributed by atoms with van der Waals surface area (Å²) in [6.07, 6.45) is 0. The highest BCUT2D eigenvalue weighted by molar-refractivity contribution is 9.11. The van der Waals surface area contributed by atoms with Crippen molar-refractivity contribution >= 4 is 473 Å². The number of hydrogen-bond acceptors (Lipinski definition) is 12. The fraction of sp³-hybridized carbons (Fsp3) is 0.120. The van der Waals surface area contributed by atoms with Crippen LogP contribution in [-0.4, -0.2) is 35.5 Å². The molecule has 59 heteroatoms. The molecule has 0 radical (unpaired) electrons. The molecule has 2 aliphatic carbocycles. The Balaban J connectivity index is 0.000000196. The monoisotopic (exact) mass is 2440 g/mol. The topological polar surface area (TPSA) is 0 Å². The second-order valence-electron chi connectivity index (χ2n) is 18.1. The summed E-state index contributed by atoms with van der Waals surface area (Å²) in [6.45, 7) is 0. The van der Waals surface area contributed by atoms with Crippen LogP contribution in [0.25, 0.3) is 69.7 Å². The number of alkyl halides is 12. The molecule has 10 heterocycles. The Morgan fingerprint density at radius 3 is 0.716 bits per heavy atom. The molecule has 10 aromatic heterocycles. The van der Waals surface area contributed by atoms with Crippen LogP contribution in [0.15, 0.2) is 123 Å². The Morgan fingerprint density at radius 2 is 0.495 bits per heavy atom. The molecule has 0 nitrogen and oxygen atoms in total. The van der Waals surface area contributed by atoms with E-state index >= 15 is 26.3 Å². The molecule has 0 unspecified atom stereocenters. The molecule has 0 aliphatic heterocycles. The highest BCUT2D eigenvalue weighted by Gasteiger charge is 2.83. The van der Waals surface area contributed by atoms with Gasteiger partial charge in [-0.1, -0.05) is 81.2 Å². The highest BCUT2D eigenvalue weighted by atomic mass is 79.9. The largest absolute Gasteiger partial charge is 0.385 e. The van der Waals surface area contributed by atoms with Crippen LogP contribution < -0.4 is 0 Å². The van der Waals surface area contributed by atoms with Gasteiger partial charge in [0, 0.05) is 306 Å². The quantitative estimate of drug-likeness (QED) is 0.139. The molecule has 0 N–H and O–H groups in total. The van der Waals surface area contributed by atoms with Crippen LogP contribution in [0.4, 0.5) is 61.5 Å². The molecule has 12 rings (SSSR count). The van der Waals surface area contributed by atoms with Crippen LogP contribution in [0.5, 0.6) is 0 Å². The summed E-state index contributed by atoms with van der Waals surface area (Å²) < 4.78 is 197. The summed E-state index contributed by atoms with van der Waals surface area (Å²) in [5.74, 6) is -40.7. The summed E-state index contributed by atoms with van der Waals surface area (Å²) in [4.78, 5) is 7.65. The van der Waals surface area contributed by atoms with Gasteiger partial charge in [0.2, 0.25) is 11.7 Å². The standard InChI is InChI=1S/C29H10Cl4F6S6.C12H5BrCl2S3.C5F8.C4H2BrClS.S26/c30-19-5-1-13(40-19)17-9-11(25(44-17)15-3-7-21(32)42-15)23-24(28(36,37)29(38,39)27(23,34)35)12-10-18(14-2-6-20(31)41-14)45-26(12)16-4-8-22(33)43-16;13-6-5-9(7-1-3-10(14)16-7)18-12(6)8-2-4-11(15)17-8;6-1-2(7)4(10,11)5(12,13)3(1,8)9;5-3-1-2-4(6)7-3;1-3-5-7-9-11-13-15-17-19-21-23-25-26-24-22-20-18-16-14-12-10-8-6-4-2/h1-10H;1-5H;;1-2H;. The maximum absolute atomic E-state index is 16.1. The first-order valence-corrected chi connectivity index (χ1v) is 71.7. The normalized spacial score (nSPS) is 14.8. The first-order valence-electron chi connectivity index (χ1n) is 26.0. The van der Waals surface area contributed by atoms with Gasteiger partial charge in [-0.2, -0.15) is 52.7 Å². The molecule has 0 amide bonds. The Labute approximate surface area is 778 Å². The van der Waals surface area contributed by atoms with E-state index in [0.29, 0.717) is 46.6 Å². The number of rotatable bonds is 8. The lowest BCUT2D eigenvalue weighted by Crippen LogP contribution is -2.48. The third-order valence-corrected chi connectivity index (χ3v) is 77.6. The summed E-state index contributed by atoms with van der Waals surface area (Å²) in [6, 6.07) is 29.0. The van der Waals surface area contributed by atoms with Crippen LogP contribution in [0.3, 0.4) is 0 Å². The molecule has 0 saturated carbocycles. The molecule has 0 fully saturated rings. The number of thiophene rings is 10. The number of halogens is 23. The predicted molar refractivity (Wildman–Crippen MR) is 525 cm³/mol. The van der Waals surface area contributed by atoms with E-state index in [4.69, 9.17) is 104 Å². The summed E-state index contributed by atoms with van der Waals surface area (Å²) >= 11 is 71.3. The van der Waals surface area contributed by atoms with Crippen molar-refractivity contribution in [3.8, 4) is 58.5 Å². The summed E-state index contributed by atoms with van der Waals surface area (Å²) in [5.41, 5.74) is -3.76. The van der Waals surface area contributed by atoms with Crippen LogP contribution >= 0.6 is 226 Å². The van der Waals surface area contributed by atoms with Crippen LogP contribution in [-0.2, 0) is 236 Å². The van der Waals surface area contributed by atoms with Gasteiger partial charge in [0.1, 0.15) is 0 Å². The van der Waals surface area contributed by atoms with Crippen molar-refractivity contribution in [1.29, 1.82) is 0 Å². The Hall–Kier alpha value is 4.21. The highest BCUT2D eigenvalue weighted by Crippen LogP contribution is 2.68. The van der Waals surface area contributed by atoms with E-state index in [0.717, 1.165) is 89.3 Å². The summed E-state index contributed by atoms with van der Waals surface area (Å²) in [7, 11) is 41.8. The lowest BCUT2D eigenvalue weighted by molar-refractivity contribution is -0.271. The zero-order valence-electron chi connectivity index (χ0n) is 49.7. The third-order valence-electron chi connectivity index (χ3n) is 11.9. The Bertz CT molecular complexity index is 6010. The second kappa shape index (κ2) is 46.8. The Morgan fingerprint density at radius 1 is 0.266 bits per heavy atom. The van der Waals surface area contributed by atoms with Crippen molar-refractivity contribution in [2.45, 2.75) is 35.5 Å². The maximum atomic E-state index is 16.1. The average molecular weight is 2450 g/mol. The lowest BCUT2D eigenvalue weighted by atomic mass is 9.94. The zero-order valence-corrected chi connectivity index (χ0v) is 87.6. The van der Waals surface area contributed by atoms with Crippen molar-refractivity contribution in [2.24, 2.45) is 0 Å². The molecule has 0 atom stereocenters. The van der Waals surface area contributed by atoms with Gasteiger partial charge in [-0.15, -0.1) is 113 Å². The van der Waals surface area contributed by atoms with Crippen molar-refractivity contribution < 1.29 is 61.5 Å². The van der Waals surface area contributed by atoms with Gasteiger partial charge in [-0.05, 0) is 135 Å². The Kier molecular flexibility index (Phi) is 42.3. The van der Waals surface area contributed by atoms with E-state index in [-0.39, 0.29) is 9.75 Å². The maximum Gasteiger partial charge on any atom is 0.385 e. The van der Waals surface area contributed by atoms with E-state index in [1.165, 1.54) is 72.9 Å². The van der Waals surface area contributed by atoms with Crippen LogP contribution in [0.1, 0.15) is 11.1 Å². The van der Waals surface area contributed by atoms with Crippen molar-refractivity contribution in [2.75, 3.05) is 0 Å². The number of allylic oxidation sites excluding steroid dienone is 4. The van der Waals surface area contributed by atoms with E-state index in [1.807, 2.05) is 95.3 Å². The molecule has 0 saturated heterocycles. The first kappa shape index (κ1) is 98.6. The van der Waals surface area contributed by atoms with Gasteiger partial charge in [-0.25, -0.2) is 8.78 Å². The minimum atomic E-state index is -6.06. The smallest absolute Gasteiger partial charge is 0.202 e. The average Bonchev–Trinajstić information content (AvgIpc) is 1.52. The fourth-order valence-corrected chi connectivity index (χ4v) is 81.1. The van der Waals surface area contributed by atoms with Gasteiger partial charge in [0.25, 0.3) is 0 Å². The second-order valence-corrected chi connectivity index (χ2v) is 78.0. The van der Waals surface area contributed by atoms with Gasteiger partial charge in [-0.3, -0.25) is 0 Å². The minimum absolute atomic E-state index is 0.105. The molecule has 0 aromatic carbocycles. The minimum Gasteiger partial charge on any atom is -0.202 e. The lowest BCUT2D eigenvalue weighted by Gasteiger charge is -2.25. The van der Waals surface area contributed by atoms with Crippen LogP contribution in [0.2, 0.25) is 30.4 Å². The SMILES string of the molecule is Clc1ccc(-c2cc(Br)c(-c3ccc(Cl)s3)s2)s1.Clc1ccc(Br)s1.FC1(F)C(c2cc(-c3ccc(Cl)s3)sc2-c2ccc(Cl)s2)=C(c2cc(-c3ccc(Cl)s3)sc2-c2ccc(Cl)s2)C(F)(F)C1(F)F.FC1=C(F)C(F)(F)C(F)(F)C1(F)F.S=S=S=S=S=S=S=S=S=S=S=S=S=S=S=S=S=S=S=S=S=S=S=S=S=S. The van der Waals surface area contributed by atoms with Gasteiger partial charge in [0.15, 0.2) is 0 Å². The molecule has 109 heavy (non-hydrogen) atoms. The number of hydrogen-bond donors (Lipinski definition) is 0. The zero-order chi connectivity index (χ0) is 79.7. The van der Waals surface area contributed by atoms with Gasteiger partial charge >= 0.3 is 35.5 Å². The molecular formula is C50H17Br2Cl7F14S36. The van der Waals surface area contributed by atoms with Crippen molar-refractivity contribution in [3.63, 3.8) is 0 Å². The van der Waals surface area contributed by atoms with Crippen molar-refractivity contribution in [1.82, 2.24) is 0 Å². The predicted octanol–water partition coefficient (Wildman–Crippen LogP) is 28.6. The molecule has 2 aliphatic rings. The summed E-state index contributed by atoms with van der Waals surface area (Å²) in [5, 5.41) is 0. The van der Waals surface area contributed by atoms with Gasteiger partial charge < -0.3 is 0 Å². The van der Waals surface area contributed by atoms with Gasteiger partial charge in [0.05, 0.1) is 48.8 Å². The van der Waals surface area contributed by atoms with E-state index in [9.17, 15) is 35.1 Å². The molecule has 10 aromatic rings. The first-order chi connectivity index (χ1) is 51.6. The molecular weight excluding hydrogens is 2430 g/mol. The fourth-order valence-electron chi connectivity index (χ4n) is 7.79. The molecule has 0 spiro atoms. The van der Waals surface area contributed by atoms with E-state index in [1.54, 1.807) is 195 Å². The molecule has 594 valence electrons. The molecule has 0 bridgehead atoms. The van der Waals surface area contributed by atoms with Crippen molar-refractivity contribution in [3.05, 3.63) is 165 Å².